The Bertz CT molecular complexity index is 412. The Morgan fingerprint density at radius 1 is 1.10 bits per heavy atom. The van der Waals surface area contributed by atoms with Gasteiger partial charge in [0.2, 0.25) is 5.91 Å². The lowest BCUT2D eigenvalue weighted by Gasteiger charge is -2.43. The molecule has 1 aliphatic heterocycles. The van der Waals surface area contributed by atoms with Gasteiger partial charge in [-0.15, -0.1) is 0 Å². The van der Waals surface area contributed by atoms with E-state index in [4.69, 9.17) is 14.2 Å². The molecule has 0 aromatic carbocycles. The van der Waals surface area contributed by atoms with Gasteiger partial charge in [-0.3, -0.25) is 14.4 Å². The molecule has 1 aliphatic rings. The van der Waals surface area contributed by atoms with Crippen LogP contribution < -0.4 is 5.32 Å². The van der Waals surface area contributed by atoms with Gasteiger partial charge >= 0.3 is 11.9 Å². The van der Waals surface area contributed by atoms with Crippen LogP contribution in [0.1, 0.15) is 20.8 Å². The highest BCUT2D eigenvalue weighted by Gasteiger charge is 2.49. The number of nitrogens with one attached hydrogen (secondary N) is 1. The van der Waals surface area contributed by atoms with E-state index < -0.39 is 55.1 Å². The molecule has 1 saturated heterocycles. The van der Waals surface area contributed by atoms with Gasteiger partial charge in [0.05, 0.1) is 6.61 Å². The molecule has 9 heteroatoms. The Balaban J connectivity index is 3.08. The van der Waals surface area contributed by atoms with E-state index in [1.807, 2.05) is 0 Å². The van der Waals surface area contributed by atoms with Gasteiger partial charge in [0.1, 0.15) is 12.1 Å². The minimum Gasteiger partial charge on any atom is -0.456 e. The first kappa shape index (κ1) is 17.3. The van der Waals surface area contributed by atoms with Gasteiger partial charge in [-0.1, -0.05) is 0 Å². The average molecular weight is 305 g/mol. The van der Waals surface area contributed by atoms with Crippen molar-refractivity contribution in [3.63, 3.8) is 0 Å². The van der Waals surface area contributed by atoms with Crippen molar-refractivity contribution in [3.8, 4) is 0 Å². The van der Waals surface area contributed by atoms with Crippen molar-refractivity contribution in [2.24, 2.45) is 0 Å². The fraction of sp³-hybridized carbons (Fsp3) is 0.750. The molecule has 120 valence electrons. The van der Waals surface area contributed by atoms with Crippen molar-refractivity contribution in [2.45, 2.75) is 51.4 Å². The van der Waals surface area contributed by atoms with Crippen LogP contribution in [0, 0.1) is 0 Å². The highest BCUT2D eigenvalue weighted by molar-refractivity contribution is 5.73. The number of hydrogen-bond donors (Lipinski definition) is 3. The number of rotatable bonds is 4. The first-order valence-electron chi connectivity index (χ1n) is 6.32. The van der Waals surface area contributed by atoms with Crippen molar-refractivity contribution in [1.82, 2.24) is 5.32 Å². The summed E-state index contributed by atoms with van der Waals surface area (Å²) >= 11 is 0. The molecule has 0 radical (unpaired) electrons. The first-order valence-corrected chi connectivity index (χ1v) is 6.32. The summed E-state index contributed by atoms with van der Waals surface area (Å²) in [6, 6.07) is -1.13. The molecule has 1 heterocycles. The Hall–Kier alpha value is -1.71. The van der Waals surface area contributed by atoms with E-state index in [0.717, 1.165) is 13.8 Å². The van der Waals surface area contributed by atoms with Gasteiger partial charge < -0.3 is 29.7 Å². The zero-order valence-corrected chi connectivity index (χ0v) is 11.9. The van der Waals surface area contributed by atoms with Gasteiger partial charge in [-0.05, 0) is 0 Å². The fourth-order valence-corrected chi connectivity index (χ4v) is 2.12. The molecule has 1 amide bonds. The summed E-state index contributed by atoms with van der Waals surface area (Å²) in [5.41, 5.74) is 0. The zero-order chi connectivity index (χ0) is 16.2. The summed E-state index contributed by atoms with van der Waals surface area (Å²) in [5.74, 6) is -1.88. The summed E-state index contributed by atoms with van der Waals surface area (Å²) in [6.45, 7) is 2.90. The molecule has 9 nitrogen and oxygen atoms in total. The molecule has 0 spiro atoms. The summed E-state index contributed by atoms with van der Waals surface area (Å²) < 4.78 is 15.1. The largest absolute Gasteiger partial charge is 0.456 e. The molecule has 0 aromatic rings. The molecule has 0 aromatic heterocycles. The predicted molar refractivity (Wildman–Crippen MR) is 66.7 cm³/mol. The second-order valence-electron chi connectivity index (χ2n) is 4.62. The Labute approximate surface area is 121 Å². The SMILES string of the molecule is CC(=O)N[C@H]1[C@H](OC(C)=O)[C@H](OC(C)=O)[C@@H](CO)O[C@H]1O. The van der Waals surface area contributed by atoms with Gasteiger partial charge in [-0.25, -0.2) is 0 Å². The molecule has 3 N–H and O–H groups in total. The van der Waals surface area contributed by atoms with E-state index in [9.17, 15) is 24.6 Å². The van der Waals surface area contributed by atoms with Crippen LogP contribution in [0.25, 0.3) is 0 Å². The minimum absolute atomic E-state index is 0.496. The third kappa shape index (κ3) is 4.66. The van der Waals surface area contributed by atoms with E-state index in [1.165, 1.54) is 6.92 Å². The quantitative estimate of drug-likeness (QED) is 0.511. The molecule has 21 heavy (non-hydrogen) atoms. The lowest BCUT2D eigenvalue weighted by Crippen LogP contribution is -2.65. The Morgan fingerprint density at radius 3 is 2.05 bits per heavy atom. The van der Waals surface area contributed by atoms with Crippen molar-refractivity contribution in [2.75, 3.05) is 6.61 Å². The normalized spacial score (nSPS) is 32.1. The van der Waals surface area contributed by atoms with E-state index in [0.29, 0.717) is 0 Å². The van der Waals surface area contributed by atoms with Crippen LogP contribution in [-0.2, 0) is 28.6 Å². The molecular formula is C12H19NO8. The van der Waals surface area contributed by atoms with Crippen LogP contribution in [-0.4, -0.2) is 65.3 Å². The maximum absolute atomic E-state index is 11.2. The summed E-state index contributed by atoms with van der Waals surface area (Å²) in [4.78, 5) is 33.6. The number of amides is 1. The molecule has 0 bridgehead atoms. The van der Waals surface area contributed by atoms with Crippen molar-refractivity contribution < 1.29 is 38.8 Å². The van der Waals surface area contributed by atoms with E-state index in [-0.39, 0.29) is 0 Å². The summed E-state index contributed by atoms with van der Waals surface area (Å²) in [6.07, 6.45) is -4.95. The Morgan fingerprint density at radius 2 is 1.62 bits per heavy atom. The second-order valence-corrected chi connectivity index (χ2v) is 4.62. The number of carbonyl (C=O) groups is 3. The monoisotopic (exact) mass is 305 g/mol. The van der Waals surface area contributed by atoms with Gasteiger partial charge in [0, 0.05) is 20.8 Å². The van der Waals surface area contributed by atoms with E-state index in [2.05, 4.69) is 5.32 Å². The number of esters is 2. The first-order chi connectivity index (χ1) is 9.76. The number of hydrogen-bond acceptors (Lipinski definition) is 8. The third-order valence-electron chi connectivity index (χ3n) is 2.82. The highest BCUT2D eigenvalue weighted by Crippen LogP contribution is 2.25. The van der Waals surface area contributed by atoms with Gasteiger partial charge in [0.25, 0.3) is 0 Å². The molecule has 1 fully saturated rings. The minimum atomic E-state index is -1.53. The van der Waals surface area contributed by atoms with Crippen molar-refractivity contribution >= 4 is 17.8 Å². The van der Waals surface area contributed by atoms with Gasteiger partial charge in [-0.2, -0.15) is 0 Å². The number of aliphatic hydroxyl groups is 2. The molecule has 0 saturated carbocycles. The molecule has 0 unspecified atom stereocenters. The topological polar surface area (TPSA) is 131 Å². The maximum atomic E-state index is 11.2. The third-order valence-corrected chi connectivity index (χ3v) is 2.82. The zero-order valence-electron chi connectivity index (χ0n) is 11.9. The maximum Gasteiger partial charge on any atom is 0.303 e. The Kier molecular flexibility index (Phi) is 6.06. The standard InChI is InChI=1S/C12H19NO8/c1-5(15)13-9-11(20-7(3)17)10(19-6(2)16)8(4-14)21-12(9)18/h8-12,14,18H,4H2,1-3H3,(H,13,15)/t8-,9+,10-,11+,12-/m1/s1. The second kappa shape index (κ2) is 7.34. The summed E-state index contributed by atoms with van der Waals surface area (Å²) in [7, 11) is 0. The molecule has 0 aliphatic carbocycles. The van der Waals surface area contributed by atoms with Crippen LogP contribution in [0.2, 0.25) is 0 Å². The summed E-state index contributed by atoms with van der Waals surface area (Å²) in [5, 5.41) is 21.5. The fourth-order valence-electron chi connectivity index (χ4n) is 2.12. The van der Waals surface area contributed by atoms with E-state index in [1.54, 1.807) is 0 Å². The number of ether oxygens (including phenoxy) is 3. The van der Waals surface area contributed by atoms with Gasteiger partial charge in [0.15, 0.2) is 18.5 Å². The number of aliphatic hydroxyl groups excluding tert-OH is 2. The van der Waals surface area contributed by atoms with Crippen LogP contribution >= 0.6 is 0 Å². The van der Waals surface area contributed by atoms with E-state index >= 15 is 0 Å². The van der Waals surface area contributed by atoms with Crippen LogP contribution in [0.5, 0.6) is 0 Å². The smallest absolute Gasteiger partial charge is 0.303 e. The lowest BCUT2D eigenvalue weighted by atomic mass is 9.96. The average Bonchev–Trinajstić information content (AvgIpc) is 2.35. The van der Waals surface area contributed by atoms with Crippen LogP contribution in [0.15, 0.2) is 0 Å². The van der Waals surface area contributed by atoms with Crippen LogP contribution in [0.4, 0.5) is 0 Å². The van der Waals surface area contributed by atoms with Crippen LogP contribution in [0.3, 0.4) is 0 Å². The molecule has 5 atom stereocenters. The molecule has 1 rings (SSSR count). The van der Waals surface area contributed by atoms with Crippen molar-refractivity contribution in [1.29, 1.82) is 0 Å². The predicted octanol–water partition coefficient (Wildman–Crippen LogP) is -1.94. The lowest BCUT2D eigenvalue weighted by molar-refractivity contribution is -0.263. The number of carbonyl (C=O) groups excluding carboxylic acids is 3. The van der Waals surface area contributed by atoms with Crippen molar-refractivity contribution in [3.05, 3.63) is 0 Å². The molecular weight excluding hydrogens is 286 g/mol. The highest BCUT2D eigenvalue weighted by atomic mass is 16.7.